The largest absolute Gasteiger partial charge is 0.510 e. The van der Waals surface area contributed by atoms with Crippen LogP contribution in [0, 0.1) is 55.3 Å². The van der Waals surface area contributed by atoms with Gasteiger partial charge in [0.15, 0.2) is 5.78 Å². The first-order chi connectivity index (χ1) is 28.2. The highest BCUT2D eigenvalue weighted by molar-refractivity contribution is 6.00. The lowest BCUT2D eigenvalue weighted by molar-refractivity contribution is -0.143. The molecular formula is C49H68N4O6. The Balaban J connectivity index is 1.31. The number of allylic oxidation sites excluding steroid dienone is 4. The van der Waals surface area contributed by atoms with Crippen LogP contribution in [0.1, 0.15) is 145 Å². The molecule has 2 aromatic heterocycles. The molecule has 2 aromatic rings. The molecule has 1 aliphatic carbocycles. The van der Waals surface area contributed by atoms with E-state index in [0.717, 1.165) is 76.4 Å². The normalized spacial score (nSPS) is 26.5. The number of ketones is 1. The molecule has 0 spiro atoms. The summed E-state index contributed by atoms with van der Waals surface area (Å²) in [5.41, 5.74) is 8.45. The average molecular weight is 809 g/mol. The Morgan fingerprint density at radius 3 is 2.27 bits per heavy atom. The number of H-pyrrole nitrogens is 2. The molecular weight excluding hydrogens is 741 g/mol. The molecule has 4 aliphatic rings. The Labute approximate surface area is 350 Å². The fourth-order valence-electron chi connectivity index (χ4n) is 10.1. The number of aliphatic hydroxyl groups excluding tert-OH is 1. The minimum absolute atomic E-state index is 0.0181. The Morgan fingerprint density at radius 1 is 0.881 bits per heavy atom. The van der Waals surface area contributed by atoms with Gasteiger partial charge in [-0.1, -0.05) is 79.4 Å². The van der Waals surface area contributed by atoms with Gasteiger partial charge in [0.05, 0.1) is 24.2 Å². The zero-order valence-corrected chi connectivity index (χ0v) is 37.1. The van der Waals surface area contributed by atoms with E-state index in [2.05, 4.69) is 86.4 Å². The van der Waals surface area contributed by atoms with Gasteiger partial charge in [-0.05, 0) is 99.1 Å². The van der Waals surface area contributed by atoms with Gasteiger partial charge in [-0.25, -0.2) is 0 Å². The Hall–Kier alpha value is -4.73. The first-order valence-electron chi connectivity index (χ1n) is 22.1. The van der Waals surface area contributed by atoms with E-state index in [-0.39, 0.29) is 54.2 Å². The van der Waals surface area contributed by atoms with Crippen LogP contribution in [-0.2, 0) is 19.1 Å². The SMILES string of the molecule is CC[C@H]1/C2=C/c3[nH]c4c(c3C)=C(O)[C@H](C(=O)OC)C=4C3N/C(=C/c4[nH]c(c(C(C)=O)c4C)/C=C(\N2)[C@@H]1C)[C@@H](C)[C@@H]3CCC(=O)OC/C=C/CCC[C@H](C)CCCC(C)C. The van der Waals surface area contributed by atoms with E-state index in [1.54, 1.807) is 6.92 Å². The molecule has 10 nitrogen and oxygen atoms in total. The number of methoxy groups -OCH3 is 1. The van der Waals surface area contributed by atoms with Crippen LogP contribution < -0.4 is 21.2 Å². The lowest BCUT2D eigenvalue weighted by atomic mass is 9.80. The molecule has 5 N–H and O–H groups in total. The van der Waals surface area contributed by atoms with E-state index >= 15 is 0 Å². The second kappa shape index (κ2) is 18.7. The van der Waals surface area contributed by atoms with Crippen LogP contribution in [0.15, 0.2) is 29.2 Å². The van der Waals surface area contributed by atoms with Crippen molar-refractivity contribution in [2.75, 3.05) is 13.7 Å². The Morgan fingerprint density at radius 2 is 1.58 bits per heavy atom. The van der Waals surface area contributed by atoms with Crippen molar-refractivity contribution in [1.29, 1.82) is 0 Å². The fraction of sp³-hybridized carbons (Fsp3) is 0.571. The van der Waals surface area contributed by atoms with E-state index in [1.807, 2.05) is 19.9 Å². The number of hydrogen-bond donors (Lipinski definition) is 5. The topological polar surface area (TPSA) is 146 Å². The number of hydrogen-bond acceptors (Lipinski definition) is 8. The number of fused-ring (bicyclic) bond motifs is 8. The molecule has 5 heterocycles. The van der Waals surface area contributed by atoms with Gasteiger partial charge < -0.3 is 35.2 Å². The maximum Gasteiger partial charge on any atom is 0.320 e. The predicted octanol–water partition coefficient (Wildman–Crippen LogP) is 8.52. The molecule has 2 saturated heterocycles. The molecule has 3 aliphatic heterocycles. The van der Waals surface area contributed by atoms with Crippen LogP contribution in [0.25, 0.3) is 29.6 Å². The minimum atomic E-state index is -1.02. The molecule has 7 atom stereocenters. The fourth-order valence-corrected chi connectivity index (χ4v) is 10.1. The van der Waals surface area contributed by atoms with Crippen LogP contribution in [0.4, 0.5) is 0 Å². The number of rotatable bonds is 16. The molecule has 320 valence electrons. The third-order valence-electron chi connectivity index (χ3n) is 13.6. The summed E-state index contributed by atoms with van der Waals surface area (Å²) in [5.74, 6) is -0.262. The van der Waals surface area contributed by atoms with Gasteiger partial charge >= 0.3 is 11.9 Å². The number of carbonyl (C=O) groups excluding carboxylic acids is 3. The van der Waals surface area contributed by atoms with Gasteiger partial charge in [-0.3, -0.25) is 14.4 Å². The molecule has 0 saturated carbocycles. The highest BCUT2D eigenvalue weighted by Gasteiger charge is 2.47. The van der Waals surface area contributed by atoms with Crippen molar-refractivity contribution in [2.24, 2.45) is 41.4 Å². The third kappa shape index (κ3) is 9.07. The lowest BCUT2D eigenvalue weighted by Gasteiger charge is -2.26. The van der Waals surface area contributed by atoms with Crippen LogP contribution in [-0.4, -0.2) is 52.6 Å². The van der Waals surface area contributed by atoms with E-state index in [1.165, 1.54) is 32.8 Å². The van der Waals surface area contributed by atoms with Crippen molar-refractivity contribution in [2.45, 2.75) is 126 Å². The smallest absolute Gasteiger partial charge is 0.320 e. The molecule has 0 radical (unpaired) electrons. The monoisotopic (exact) mass is 809 g/mol. The van der Waals surface area contributed by atoms with Gasteiger partial charge in [-0.2, -0.15) is 0 Å². The summed E-state index contributed by atoms with van der Waals surface area (Å²) in [6.07, 6.45) is 19.1. The lowest BCUT2D eigenvalue weighted by Crippen LogP contribution is -2.38. The summed E-state index contributed by atoms with van der Waals surface area (Å²) in [6.45, 7) is 19.2. The first-order valence-corrected chi connectivity index (χ1v) is 22.1. The Kier molecular flexibility index (Phi) is 13.9. The molecule has 2 fully saturated rings. The number of carbonyl (C=O) groups is 3. The second-order valence-corrected chi connectivity index (χ2v) is 18.1. The number of aromatic nitrogens is 2. The van der Waals surface area contributed by atoms with E-state index in [0.29, 0.717) is 28.1 Å². The highest BCUT2D eigenvalue weighted by atomic mass is 16.5. The van der Waals surface area contributed by atoms with Crippen LogP contribution in [0.2, 0.25) is 0 Å². The summed E-state index contributed by atoms with van der Waals surface area (Å²) < 4.78 is 11.0. The van der Waals surface area contributed by atoms with E-state index < -0.39 is 17.9 Å². The quantitative estimate of drug-likeness (QED) is 0.0492. The molecule has 8 bridgehead atoms. The van der Waals surface area contributed by atoms with Crippen molar-refractivity contribution < 1.29 is 29.0 Å². The molecule has 59 heavy (non-hydrogen) atoms. The van der Waals surface area contributed by atoms with E-state index in [4.69, 9.17) is 9.47 Å². The molecule has 1 unspecified atom stereocenters. The second-order valence-electron chi connectivity index (χ2n) is 18.1. The third-order valence-corrected chi connectivity index (χ3v) is 13.6. The van der Waals surface area contributed by atoms with Gasteiger partial charge in [-0.15, -0.1) is 0 Å². The van der Waals surface area contributed by atoms with Crippen LogP contribution in [0.5, 0.6) is 0 Å². The average Bonchev–Trinajstić information content (AvgIpc) is 3.93. The maximum atomic E-state index is 13.6. The van der Waals surface area contributed by atoms with Crippen LogP contribution in [0.3, 0.4) is 0 Å². The van der Waals surface area contributed by atoms with Crippen molar-refractivity contribution >= 4 is 47.3 Å². The zero-order valence-electron chi connectivity index (χ0n) is 37.1. The van der Waals surface area contributed by atoms with Crippen LogP contribution >= 0.6 is 0 Å². The summed E-state index contributed by atoms with van der Waals surface area (Å²) in [6, 6.07) is -0.433. The molecule has 10 heteroatoms. The minimum Gasteiger partial charge on any atom is -0.510 e. The van der Waals surface area contributed by atoms with Crippen molar-refractivity contribution in [3.05, 3.63) is 73.6 Å². The van der Waals surface area contributed by atoms with Gasteiger partial charge in [0.25, 0.3) is 0 Å². The van der Waals surface area contributed by atoms with Crippen molar-refractivity contribution in [3.63, 3.8) is 0 Å². The number of Topliss-reactive ketones (excluding diaryl/α,β-unsaturated/α-hetero) is 1. The predicted molar refractivity (Wildman–Crippen MR) is 236 cm³/mol. The number of aliphatic hydroxyl groups is 1. The Bertz CT molecular complexity index is 2180. The first kappa shape index (κ1) is 43.8. The number of nitrogens with one attached hydrogen (secondary N) is 4. The number of unbranched alkanes of at least 4 members (excludes halogenated alkanes) is 1. The number of ether oxygens (including phenoxy) is 2. The number of esters is 2. The van der Waals surface area contributed by atoms with Gasteiger partial charge in [0.1, 0.15) is 18.3 Å². The zero-order chi connectivity index (χ0) is 42.7. The summed E-state index contributed by atoms with van der Waals surface area (Å²) in [5, 5.41) is 20.7. The standard InChI is InChI=1S/C49H68N4O6/c1-11-33-28(5)35-25-40-42(32(9)54)30(7)37(51-40)23-36-29(6)34(20-21-41(55)59-22-15-13-12-14-18-27(4)19-16-17-26(2)3)46(52-36)44-45(49(57)58-10)48(56)43-31(8)38(53-47(43)44)24-39(33)50-35/h13,15,23-29,33-34,45-46,50-53,56H,11-12,14,16-22H2,1-10H3/b15-13+,35-25-,36-23+,39-24-/t27-,28+,29-,33+,34-,45+,46?/m0/s1. The van der Waals surface area contributed by atoms with Crippen molar-refractivity contribution in [1.82, 2.24) is 20.6 Å². The summed E-state index contributed by atoms with van der Waals surface area (Å²) in [7, 11) is 1.34. The molecule has 6 rings (SSSR count). The van der Waals surface area contributed by atoms with Crippen molar-refractivity contribution in [3.8, 4) is 0 Å². The summed E-state index contributed by atoms with van der Waals surface area (Å²) in [4.78, 5) is 47.3. The van der Waals surface area contributed by atoms with Gasteiger partial charge in [0, 0.05) is 63.4 Å². The summed E-state index contributed by atoms with van der Waals surface area (Å²) >= 11 is 0. The maximum absolute atomic E-state index is 13.6. The van der Waals surface area contributed by atoms with E-state index in [9.17, 15) is 19.5 Å². The molecule has 0 aromatic carbocycles. The van der Waals surface area contributed by atoms with Gasteiger partial charge in [0.2, 0.25) is 0 Å². The molecule has 0 amide bonds. The highest BCUT2D eigenvalue weighted by Crippen LogP contribution is 2.43. The number of aromatic amines is 2.